The summed E-state index contributed by atoms with van der Waals surface area (Å²) < 4.78 is 0. The van der Waals surface area contributed by atoms with E-state index in [1.165, 1.54) is 0 Å². The molecule has 0 bridgehead atoms. The van der Waals surface area contributed by atoms with Crippen LogP contribution in [0.15, 0.2) is 12.3 Å². The van der Waals surface area contributed by atoms with Gasteiger partial charge in [-0.05, 0) is 17.9 Å². The van der Waals surface area contributed by atoms with Crippen molar-refractivity contribution in [3.05, 3.63) is 17.8 Å². The van der Waals surface area contributed by atoms with Gasteiger partial charge in [-0.25, -0.2) is 0 Å². The van der Waals surface area contributed by atoms with Crippen LogP contribution in [0.25, 0.3) is 0 Å². The van der Waals surface area contributed by atoms with Crippen molar-refractivity contribution in [1.29, 1.82) is 5.26 Å². The van der Waals surface area contributed by atoms with E-state index in [9.17, 15) is 0 Å². The predicted molar refractivity (Wildman–Crippen MR) is 54.0 cm³/mol. The van der Waals surface area contributed by atoms with Gasteiger partial charge in [0.25, 0.3) is 0 Å². The van der Waals surface area contributed by atoms with E-state index >= 15 is 0 Å². The maximum absolute atomic E-state index is 8.88. The van der Waals surface area contributed by atoms with E-state index in [1.54, 1.807) is 12.3 Å². The molecule has 2 fully saturated rings. The summed E-state index contributed by atoms with van der Waals surface area (Å²) in [6.07, 6.45) is 1.54. The molecule has 15 heavy (non-hydrogen) atoms. The first-order chi connectivity index (χ1) is 7.40. The Morgan fingerprint density at radius 3 is 3.00 bits per heavy atom. The van der Waals surface area contributed by atoms with Gasteiger partial charge < -0.3 is 10.6 Å². The number of hydrogen-bond acceptors (Lipinski definition) is 5. The second-order valence-corrected chi connectivity index (χ2v) is 4.06. The van der Waals surface area contributed by atoms with E-state index in [1.807, 2.05) is 0 Å². The topological polar surface area (TPSA) is 73.6 Å². The van der Waals surface area contributed by atoms with Gasteiger partial charge in [0.15, 0.2) is 5.82 Å². The summed E-state index contributed by atoms with van der Waals surface area (Å²) in [6.45, 7) is 2.15. The smallest absolute Gasteiger partial charge is 0.166 e. The fourth-order valence-corrected chi connectivity index (χ4v) is 2.32. The van der Waals surface area contributed by atoms with Crippen LogP contribution in [0.2, 0.25) is 0 Å². The Labute approximate surface area is 87.5 Å². The largest absolute Gasteiger partial charge is 0.364 e. The highest BCUT2D eigenvalue weighted by Crippen LogP contribution is 2.43. The highest BCUT2D eigenvalue weighted by Gasteiger charge is 2.53. The highest BCUT2D eigenvalue weighted by molar-refractivity contribution is 5.52. The quantitative estimate of drug-likeness (QED) is 0.703. The Hall–Kier alpha value is -1.67. The lowest BCUT2D eigenvalue weighted by Gasteiger charge is -2.07. The fourth-order valence-electron chi connectivity index (χ4n) is 2.32. The molecule has 0 aromatic carbocycles. The van der Waals surface area contributed by atoms with Gasteiger partial charge in [-0.1, -0.05) is 0 Å². The monoisotopic (exact) mass is 201 g/mol. The van der Waals surface area contributed by atoms with Crippen LogP contribution in [0.4, 0.5) is 5.82 Å². The van der Waals surface area contributed by atoms with Crippen molar-refractivity contribution in [1.82, 2.24) is 15.5 Å². The van der Waals surface area contributed by atoms with Crippen molar-refractivity contribution in [3.63, 3.8) is 0 Å². The van der Waals surface area contributed by atoms with E-state index in [0.717, 1.165) is 13.1 Å². The Morgan fingerprint density at radius 1 is 1.47 bits per heavy atom. The van der Waals surface area contributed by atoms with Crippen LogP contribution >= 0.6 is 0 Å². The van der Waals surface area contributed by atoms with Gasteiger partial charge in [-0.15, -0.1) is 5.10 Å². The number of hydrogen-bond donors (Lipinski definition) is 2. The summed E-state index contributed by atoms with van der Waals surface area (Å²) in [4.78, 5) is 0. The normalized spacial score (nSPS) is 31.8. The Morgan fingerprint density at radius 2 is 2.27 bits per heavy atom. The summed E-state index contributed by atoms with van der Waals surface area (Å²) in [7, 11) is 0. The van der Waals surface area contributed by atoms with Crippen LogP contribution in [0.5, 0.6) is 0 Å². The molecule has 0 amide bonds. The van der Waals surface area contributed by atoms with Crippen LogP contribution < -0.4 is 10.6 Å². The molecule has 0 spiro atoms. The van der Waals surface area contributed by atoms with E-state index < -0.39 is 0 Å². The first-order valence-electron chi connectivity index (χ1n) is 5.09. The molecule has 1 saturated carbocycles. The highest BCUT2D eigenvalue weighted by atomic mass is 15.2. The average Bonchev–Trinajstić information content (AvgIpc) is 2.75. The van der Waals surface area contributed by atoms with Gasteiger partial charge in [-0.2, -0.15) is 10.4 Å². The molecule has 2 atom stereocenters. The van der Waals surface area contributed by atoms with Gasteiger partial charge in [0.1, 0.15) is 6.07 Å². The van der Waals surface area contributed by atoms with Crippen molar-refractivity contribution in [2.24, 2.45) is 11.8 Å². The minimum absolute atomic E-state index is 0.482. The zero-order valence-corrected chi connectivity index (χ0v) is 8.14. The van der Waals surface area contributed by atoms with Crippen molar-refractivity contribution >= 4 is 5.82 Å². The molecule has 1 aliphatic carbocycles. The summed E-state index contributed by atoms with van der Waals surface area (Å²) in [6, 6.07) is 4.28. The summed E-state index contributed by atoms with van der Waals surface area (Å²) in [5, 5.41) is 23.3. The lowest BCUT2D eigenvalue weighted by molar-refractivity contribution is 0.694. The zero-order chi connectivity index (χ0) is 10.3. The lowest BCUT2D eigenvalue weighted by atomic mass is 10.3. The van der Waals surface area contributed by atoms with Gasteiger partial charge in [-0.3, -0.25) is 0 Å². The SMILES string of the molecule is N#Cc1ccnnc1NC1C2CNCC21. The number of fused-ring (bicyclic) bond motifs is 1. The average molecular weight is 201 g/mol. The predicted octanol–water partition coefficient (Wildman–Crippen LogP) is -0.0220. The van der Waals surface area contributed by atoms with E-state index in [4.69, 9.17) is 5.26 Å². The molecule has 2 N–H and O–H groups in total. The molecule has 1 saturated heterocycles. The van der Waals surface area contributed by atoms with Gasteiger partial charge in [0.2, 0.25) is 0 Å². The Balaban J connectivity index is 1.75. The van der Waals surface area contributed by atoms with E-state index in [2.05, 4.69) is 26.9 Å². The lowest BCUT2D eigenvalue weighted by Crippen LogP contribution is -2.22. The number of rotatable bonds is 2. The molecular weight excluding hydrogens is 190 g/mol. The summed E-state index contributed by atoms with van der Waals surface area (Å²) >= 11 is 0. The van der Waals surface area contributed by atoms with Crippen molar-refractivity contribution in [3.8, 4) is 6.07 Å². The third-order valence-corrected chi connectivity index (χ3v) is 3.24. The Kier molecular flexibility index (Phi) is 1.82. The summed E-state index contributed by atoms with van der Waals surface area (Å²) in [5.41, 5.74) is 0.572. The molecule has 5 heteroatoms. The molecule has 76 valence electrons. The van der Waals surface area contributed by atoms with Gasteiger partial charge in [0.05, 0.1) is 11.8 Å². The van der Waals surface area contributed by atoms with Crippen LogP contribution in [0.1, 0.15) is 5.56 Å². The molecule has 2 aliphatic rings. The number of aromatic nitrogens is 2. The number of nitrogens with one attached hydrogen (secondary N) is 2. The molecule has 1 aromatic rings. The van der Waals surface area contributed by atoms with Crippen molar-refractivity contribution in [2.75, 3.05) is 18.4 Å². The third kappa shape index (κ3) is 1.34. The van der Waals surface area contributed by atoms with E-state index in [0.29, 0.717) is 29.3 Å². The molecule has 1 aliphatic heterocycles. The maximum Gasteiger partial charge on any atom is 0.166 e. The first kappa shape index (κ1) is 8.62. The molecule has 5 nitrogen and oxygen atoms in total. The van der Waals surface area contributed by atoms with Gasteiger partial charge in [0, 0.05) is 19.1 Å². The molecule has 3 rings (SSSR count). The van der Waals surface area contributed by atoms with Gasteiger partial charge >= 0.3 is 0 Å². The van der Waals surface area contributed by atoms with Crippen molar-refractivity contribution < 1.29 is 0 Å². The van der Waals surface area contributed by atoms with Crippen LogP contribution in [-0.4, -0.2) is 29.3 Å². The minimum Gasteiger partial charge on any atom is -0.364 e. The fraction of sp³-hybridized carbons (Fsp3) is 0.500. The van der Waals surface area contributed by atoms with Crippen molar-refractivity contribution in [2.45, 2.75) is 6.04 Å². The summed E-state index contributed by atoms with van der Waals surface area (Å²) in [5.74, 6) is 2.04. The van der Waals surface area contributed by atoms with Crippen LogP contribution in [0.3, 0.4) is 0 Å². The maximum atomic E-state index is 8.88. The number of nitrogens with zero attached hydrogens (tertiary/aromatic N) is 3. The number of anilines is 1. The second kappa shape index (κ2) is 3.17. The van der Waals surface area contributed by atoms with E-state index in [-0.39, 0.29) is 0 Å². The van der Waals surface area contributed by atoms with Crippen LogP contribution in [0, 0.1) is 23.2 Å². The zero-order valence-electron chi connectivity index (χ0n) is 8.14. The molecule has 2 unspecified atom stereocenters. The molecule has 0 radical (unpaired) electrons. The number of piperidine rings is 1. The first-order valence-corrected chi connectivity index (χ1v) is 5.09. The third-order valence-electron chi connectivity index (χ3n) is 3.24. The van der Waals surface area contributed by atoms with Crippen LogP contribution in [-0.2, 0) is 0 Å². The molecular formula is C10H11N5. The molecule has 2 heterocycles. The molecule has 1 aromatic heterocycles. The standard InChI is InChI=1S/C10H11N5/c11-3-6-1-2-13-15-10(6)14-9-7-4-12-5-8(7)9/h1-2,7-9,12H,4-5H2,(H,14,15). The Bertz CT molecular complexity index is 414. The second-order valence-electron chi connectivity index (χ2n) is 4.06. The minimum atomic E-state index is 0.482. The number of nitriles is 1.